The van der Waals surface area contributed by atoms with E-state index in [1.807, 2.05) is 24.4 Å². The molecule has 7 heteroatoms. The molecule has 0 spiro atoms. The lowest BCUT2D eigenvalue weighted by molar-refractivity contribution is -0.117. The summed E-state index contributed by atoms with van der Waals surface area (Å²) in [6, 6.07) is 5.96. The van der Waals surface area contributed by atoms with Crippen LogP contribution in [0.5, 0.6) is 0 Å². The predicted molar refractivity (Wildman–Crippen MR) is 85.4 cm³/mol. The first-order chi connectivity index (χ1) is 11.3. The van der Waals surface area contributed by atoms with Crippen LogP contribution in [0, 0.1) is 5.92 Å². The van der Waals surface area contributed by atoms with Crippen molar-refractivity contribution in [3.05, 3.63) is 42.4 Å². The number of nitrogens with one attached hydrogen (secondary N) is 3. The number of nitrogens with zero attached hydrogens (tertiary/aromatic N) is 3. The average molecular weight is 312 g/mol. The minimum atomic E-state index is -0.189. The van der Waals surface area contributed by atoms with Gasteiger partial charge in [-0.15, -0.1) is 0 Å². The van der Waals surface area contributed by atoms with Gasteiger partial charge < -0.3 is 5.32 Å². The Morgan fingerprint density at radius 3 is 2.87 bits per heavy atom. The third-order valence-corrected chi connectivity index (χ3v) is 4.43. The highest BCUT2D eigenvalue weighted by Gasteiger charge is 2.38. The van der Waals surface area contributed by atoms with Gasteiger partial charge in [-0.25, -0.2) is 5.43 Å². The molecule has 1 amide bonds. The molecule has 1 saturated carbocycles. The number of anilines is 1. The molecule has 2 aromatic heterocycles. The Balaban J connectivity index is 1.33. The largest absolute Gasteiger partial charge is 0.308 e. The maximum Gasteiger partial charge on any atom is 0.244 e. The Labute approximate surface area is 134 Å². The van der Waals surface area contributed by atoms with E-state index in [2.05, 4.69) is 26.3 Å². The summed E-state index contributed by atoms with van der Waals surface area (Å²) in [6.45, 7) is 0.658. The number of hydrogen-bond acceptors (Lipinski definition) is 5. The summed E-state index contributed by atoms with van der Waals surface area (Å²) in [6.07, 6.45) is 8.77. The molecular weight excluding hydrogens is 292 g/mol. The third-order valence-electron chi connectivity index (χ3n) is 4.43. The van der Waals surface area contributed by atoms with Gasteiger partial charge in [0.2, 0.25) is 5.91 Å². The maximum absolute atomic E-state index is 12.3. The summed E-state index contributed by atoms with van der Waals surface area (Å²) >= 11 is 0. The van der Waals surface area contributed by atoms with E-state index in [1.165, 1.54) is 12.8 Å². The molecule has 2 fully saturated rings. The minimum absolute atomic E-state index is 0.0326. The molecule has 3 N–H and O–H groups in total. The fraction of sp³-hybridized carbons (Fsp3) is 0.438. The summed E-state index contributed by atoms with van der Waals surface area (Å²) in [5.41, 5.74) is 7.44. The Kier molecular flexibility index (Phi) is 3.80. The van der Waals surface area contributed by atoms with E-state index in [4.69, 9.17) is 0 Å². The molecule has 1 aliphatic carbocycles. The SMILES string of the molecule is O=C(Nc1ccn(Cc2ccncc2)n1)C1CC(C2CC2)NN1. The van der Waals surface area contributed by atoms with Crippen LogP contribution >= 0.6 is 0 Å². The number of carbonyl (C=O) groups excluding carboxylic acids is 1. The zero-order valence-electron chi connectivity index (χ0n) is 12.8. The second-order valence-corrected chi connectivity index (χ2v) is 6.26. The van der Waals surface area contributed by atoms with E-state index >= 15 is 0 Å². The molecule has 1 aliphatic heterocycles. The predicted octanol–water partition coefficient (Wildman–Crippen LogP) is 0.910. The molecule has 2 atom stereocenters. The van der Waals surface area contributed by atoms with Gasteiger partial charge in [-0.2, -0.15) is 5.10 Å². The molecule has 3 heterocycles. The zero-order valence-corrected chi connectivity index (χ0v) is 12.8. The molecule has 0 radical (unpaired) electrons. The molecule has 7 nitrogen and oxygen atoms in total. The van der Waals surface area contributed by atoms with Crippen LogP contribution in [0.15, 0.2) is 36.8 Å². The van der Waals surface area contributed by atoms with Gasteiger partial charge in [0.1, 0.15) is 6.04 Å². The van der Waals surface area contributed by atoms with Crippen molar-refractivity contribution in [3.8, 4) is 0 Å². The first-order valence-corrected chi connectivity index (χ1v) is 8.02. The first kappa shape index (κ1) is 14.3. The van der Waals surface area contributed by atoms with E-state index in [1.54, 1.807) is 17.1 Å². The van der Waals surface area contributed by atoms with Gasteiger partial charge in [0.15, 0.2) is 5.82 Å². The molecule has 2 aromatic rings. The van der Waals surface area contributed by atoms with Crippen molar-refractivity contribution < 1.29 is 4.79 Å². The van der Waals surface area contributed by atoms with Crippen molar-refractivity contribution in [2.75, 3.05) is 5.32 Å². The molecule has 4 rings (SSSR count). The fourth-order valence-corrected chi connectivity index (χ4v) is 2.97. The molecule has 1 saturated heterocycles. The summed E-state index contributed by atoms with van der Waals surface area (Å²) in [5.74, 6) is 1.29. The molecule has 2 unspecified atom stereocenters. The van der Waals surface area contributed by atoms with Crippen molar-refractivity contribution in [2.45, 2.75) is 37.9 Å². The number of amides is 1. The van der Waals surface area contributed by atoms with Crippen LogP contribution in [0.1, 0.15) is 24.8 Å². The molecule has 2 aliphatic rings. The summed E-state index contributed by atoms with van der Waals surface area (Å²) in [5, 5.41) is 7.28. The lowest BCUT2D eigenvalue weighted by atomic mass is 10.1. The Morgan fingerprint density at radius 1 is 1.26 bits per heavy atom. The Hall–Kier alpha value is -2.25. The smallest absolute Gasteiger partial charge is 0.244 e. The standard InChI is InChI=1S/C16H20N6O/c23-16(14-9-13(19-20-14)12-1-2-12)18-15-5-8-22(21-15)10-11-3-6-17-7-4-11/h3-8,12-14,19-20H,1-2,9-10H2,(H,18,21,23). The van der Waals surface area contributed by atoms with E-state index in [-0.39, 0.29) is 11.9 Å². The molecular formula is C16H20N6O. The number of pyridine rings is 1. The topological polar surface area (TPSA) is 83.9 Å². The summed E-state index contributed by atoms with van der Waals surface area (Å²) in [4.78, 5) is 16.3. The quantitative estimate of drug-likeness (QED) is 0.764. The van der Waals surface area contributed by atoms with Gasteiger partial charge in [-0.05, 0) is 42.9 Å². The number of hydrazine groups is 1. The van der Waals surface area contributed by atoms with Crippen LogP contribution in [0.3, 0.4) is 0 Å². The van der Waals surface area contributed by atoms with Crippen LogP contribution in [-0.2, 0) is 11.3 Å². The molecule has 0 aromatic carbocycles. The zero-order chi connectivity index (χ0) is 15.6. The van der Waals surface area contributed by atoms with Crippen molar-refractivity contribution in [1.29, 1.82) is 0 Å². The van der Waals surface area contributed by atoms with Gasteiger partial charge in [0.05, 0.1) is 6.54 Å². The van der Waals surface area contributed by atoms with Crippen molar-refractivity contribution in [3.63, 3.8) is 0 Å². The van der Waals surface area contributed by atoms with E-state index < -0.39 is 0 Å². The van der Waals surface area contributed by atoms with Gasteiger partial charge >= 0.3 is 0 Å². The van der Waals surface area contributed by atoms with Gasteiger partial charge in [-0.1, -0.05) is 0 Å². The second kappa shape index (κ2) is 6.10. The molecule has 120 valence electrons. The first-order valence-electron chi connectivity index (χ1n) is 8.02. The van der Waals surface area contributed by atoms with E-state index in [0.29, 0.717) is 18.4 Å². The lowest BCUT2D eigenvalue weighted by Crippen LogP contribution is -2.40. The van der Waals surface area contributed by atoms with Crippen LogP contribution in [0.4, 0.5) is 5.82 Å². The number of aromatic nitrogens is 3. The highest BCUT2D eigenvalue weighted by atomic mass is 16.2. The minimum Gasteiger partial charge on any atom is -0.308 e. The number of rotatable bonds is 5. The van der Waals surface area contributed by atoms with Gasteiger partial charge in [-0.3, -0.25) is 19.9 Å². The highest BCUT2D eigenvalue weighted by molar-refractivity contribution is 5.94. The van der Waals surface area contributed by atoms with Crippen LogP contribution in [0.2, 0.25) is 0 Å². The van der Waals surface area contributed by atoms with E-state index in [9.17, 15) is 4.79 Å². The average Bonchev–Trinajstić information content (AvgIpc) is 3.13. The second-order valence-electron chi connectivity index (χ2n) is 6.26. The van der Waals surface area contributed by atoms with Gasteiger partial charge in [0, 0.05) is 30.7 Å². The van der Waals surface area contributed by atoms with Crippen LogP contribution in [-0.4, -0.2) is 32.8 Å². The summed E-state index contributed by atoms with van der Waals surface area (Å²) in [7, 11) is 0. The van der Waals surface area contributed by atoms with Crippen molar-refractivity contribution >= 4 is 11.7 Å². The Bertz CT molecular complexity index is 681. The molecule has 0 bridgehead atoms. The normalized spacial score (nSPS) is 23.8. The van der Waals surface area contributed by atoms with Gasteiger partial charge in [0.25, 0.3) is 0 Å². The number of carbonyl (C=O) groups is 1. The molecule has 23 heavy (non-hydrogen) atoms. The number of hydrogen-bond donors (Lipinski definition) is 3. The fourth-order valence-electron chi connectivity index (χ4n) is 2.97. The van der Waals surface area contributed by atoms with Crippen molar-refractivity contribution in [1.82, 2.24) is 25.6 Å². The monoisotopic (exact) mass is 312 g/mol. The summed E-state index contributed by atoms with van der Waals surface area (Å²) < 4.78 is 1.80. The van der Waals surface area contributed by atoms with Crippen LogP contribution < -0.4 is 16.2 Å². The lowest BCUT2D eigenvalue weighted by Gasteiger charge is -2.08. The van der Waals surface area contributed by atoms with Crippen molar-refractivity contribution in [2.24, 2.45) is 5.92 Å². The third kappa shape index (κ3) is 3.40. The highest BCUT2D eigenvalue weighted by Crippen LogP contribution is 2.35. The van der Waals surface area contributed by atoms with Crippen LogP contribution in [0.25, 0.3) is 0 Å². The Morgan fingerprint density at radius 2 is 2.09 bits per heavy atom. The van der Waals surface area contributed by atoms with E-state index in [0.717, 1.165) is 17.9 Å². The maximum atomic E-state index is 12.3.